The van der Waals surface area contributed by atoms with Crippen LogP contribution < -0.4 is 10.0 Å². The highest BCUT2D eigenvalue weighted by atomic mass is 79.9. The van der Waals surface area contributed by atoms with Crippen molar-refractivity contribution >= 4 is 26.0 Å². The maximum atomic E-state index is 12.4. The predicted octanol–water partition coefficient (Wildman–Crippen LogP) is 2.18. The van der Waals surface area contributed by atoms with E-state index in [-0.39, 0.29) is 0 Å². The fourth-order valence-corrected chi connectivity index (χ4v) is 3.98. The molecule has 0 spiro atoms. The molecule has 0 bridgehead atoms. The van der Waals surface area contributed by atoms with Crippen LogP contribution in [0.5, 0.6) is 0 Å². The van der Waals surface area contributed by atoms with Gasteiger partial charge in [0.2, 0.25) is 10.0 Å². The molecule has 2 N–H and O–H groups in total. The first-order valence-electron chi connectivity index (χ1n) is 6.84. The predicted molar refractivity (Wildman–Crippen MR) is 87.9 cm³/mol. The maximum Gasteiger partial charge on any atom is 0.240 e. The van der Waals surface area contributed by atoms with Crippen LogP contribution in [-0.4, -0.2) is 35.7 Å². The van der Waals surface area contributed by atoms with Gasteiger partial charge < -0.3 is 10.1 Å². The van der Waals surface area contributed by atoms with E-state index in [1.807, 2.05) is 13.1 Å². The first kappa shape index (κ1) is 18.6. The van der Waals surface area contributed by atoms with Crippen LogP contribution in [0.4, 0.5) is 0 Å². The Labute approximate surface area is 135 Å². The van der Waals surface area contributed by atoms with Crippen molar-refractivity contribution in [3.63, 3.8) is 0 Å². The molecule has 0 unspecified atom stereocenters. The summed E-state index contributed by atoms with van der Waals surface area (Å²) in [6.45, 7) is 3.48. The van der Waals surface area contributed by atoms with Gasteiger partial charge in [-0.1, -0.05) is 15.9 Å². The first-order valence-corrected chi connectivity index (χ1v) is 9.12. The monoisotopic (exact) mass is 378 g/mol. The van der Waals surface area contributed by atoms with Gasteiger partial charge in [0.05, 0.1) is 4.90 Å². The Bertz CT molecular complexity index is 562. The fourth-order valence-electron chi connectivity index (χ4n) is 1.95. The van der Waals surface area contributed by atoms with Gasteiger partial charge >= 0.3 is 0 Å². The molecule has 21 heavy (non-hydrogen) atoms. The molecular weight excluding hydrogens is 356 g/mol. The number of sulfonamides is 1. The lowest BCUT2D eigenvalue weighted by Crippen LogP contribution is -2.26. The van der Waals surface area contributed by atoms with Gasteiger partial charge in [-0.2, -0.15) is 0 Å². The van der Waals surface area contributed by atoms with Crippen LogP contribution in [0.25, 0.3) is 0 Å². The van der Waals surface area contributed by atoms with Crippen molar-refractivity contribution in [2.24, 2.45) is 0 Å². The van der Waals surface area contributed by atoms with Gasteiger partial charge in [-0.05, 0) is 50.1 Å². The maximum absolute atomic E-state index is 12.4. The quantitative estimate of drug-likeness (QED) is 0.646. The van der Waals surface area contributed by atoms with Crippen molar-refractivity contribution in [1.29, 1.82) is 0 Å². The van der Waals surface area contributed by atoms with Crippen LogP contribution in [0.2, 0.25) is 0 Å². The SMILES string of the molecule is CNCc1cc(Br)c(C)c(S(=O)(=O)NCCCCOC)c1. The highest BCUT2D eigenvalue weighted by Crippen LogP contribution is 2.25. The van der Waals surface area contributed by atoms with Crippen molar-refractivity contribution in [2.45, 2.75) is 31.2 Å². The summed E-state index contributed by atoms with van der Waals surface area (Å²) in [5.74, 6) is 0. The van der Waals surface area contributed by atoms with Gasteiger partial charge in [0.15, 0.2) is 0 Å². The zero-order valence-electron chi connectivity index (χ0n) is 12.7. The van der Waals surface area contributed by atoms with Gasteiger partial charge in [0, 0.05) is 31.3 Å². The Morgan fingerprint density at radius 1 is 1.29 bits per heavy atom. The Hall–Kier alpha value is -0.470. The second-order valence-electron chi connectivity index (χ2n) is 4.83. The zero-order valence-corrected chi connectivity index (χ0v) is 15.1. The van der Waals surface area contributed by atoms with Crippen molar-refractivity contribution in [3.05, 3.63) is 27.7 Å². The number of methoxy groups -OCH3 is 1. The summed E-state index contributed by atoms with van der Waals surface area (Å²) < 4.78 is 33.2. The van der Waals surface area contributed by atoms with E-state index in [1.54, 1.807) is 20.1 Å². The molecule has 0 heterocycles. The molecular formula is C14H23BrN2O3S. The van der Waals surface area contributed by atoms with Gasteiger partial charge in [-0.15, -0.1) is 0 Å². The standard InChI is InChI=1S/C14H23BrN2O3S/c1-11-13(15)8-12(10-16-2)9-14(11)21(18,19)17-6-4-5-7-20-3/h8-9,16-17H,4-7,10H2,1-3H3. The van der Waals surface area contributed by atoms with Gasteiger partial charge in [-0.25, -0.2) is 13.1 Å². The highest BCUT2D eigenvalue weighted by molar-refractivity contribution is 9.10. The normalized spacial score (nSPS) is 11.8. The second kappa shape index (κ2) is 8.85. The number of nitrogens with one attached hydrogen (secondary N) is 2. The van der Waals surface area contributed by atoms with Crippen molar-refractivity contribution in [1.82, 2.24) is 10.0 Å². The Kier molecular flexibility index (Phi) is 7.83. The molecule has 0 aliphatic carbocycles. The lowest BCUT2D eigenvalue weighted by atomic mass is 10.1. The van der Waals surface area contributed by atoms with Gasteiger partial charge in [0.25, 0.3) is 0 Å². The van der Waals surface area contributed by atoms with Crippen LogP contribution >= 0.6 is 15.9 Å². The molecule has 120 valence electrons. The van der Waals surface area contributed by atoms with E-state index in [0.29, 0.717) is 24.6 Å². The average Bonchev–Trinajstić information content (AvgIpc) is 2.42. The Morgan fingerprint density at radius 3 is 2.62 bits per heavy atom. The highest BCUT2D eigenvalue weighted by Gasteiger charge is 2.18. The van der Waals surface area contributed by atoms with E-state index < -0.39 is 10.0 Å². The van der Waals surface area contributed by atoms with E-state index >= 15 is 0 Å². The van der Waals surface area contributed by atoms with Gasteiger partial charge in [0.1, 0.15) is 0 Å². The minimum Gasteiger partial charge on any atom is -0.385 e. The summed E-state index contributed by atoms with van der Waals surface area (Å²) in [5.41, 5.74) is 1.65. The molecule has 0 radical (unpaired) electrons. The molecule has 0 atom stereocenters. The van der Waals surface area contributed by atoms with E-state index in [9.17, 15) is 8.42 Å². The molecule has 1 aromatic rings. The Balaban J connectivity index is 2.86. The number of hydrogen-bond donors (Lipinski definition) is 2. The van der Waals surface area contributed by atoms with Crippen LogP contribution in [0.15, 0.2) is 21.5 Å². The van der Waals surface area contributed by atoms with Crippen LogP contribution in [0.1, 0.15) is 24.0 Å². The number of halogens is 1. The number of unbranched alkanes of at least 4 members (excludes halogenated alkanes) is 1. The molecule has 0 saturated carbocycles. The number of benzene rings is 1. The molecule has 0 aliphatic heterocycles. The van der Waals surface area contributed by atoms with Crippen LogP contribution in [0, 0.1) is 6.92 Å². The minimum atomic E-state index is -3.49. The fraction of sp³-hybridized carbons (Fsp3) is 0.571. The summed E-state index contributed by atoms with van der Waals surface area (Å²) in [6, 6.07) is 3.65. The van der Waals surface area contributed by atoms with E-state index in [2.05, 4.69) is 26.0 Å². The summed E-state index contributed by atoms with van der Waals surface area (Å²) in [5, 5.41) is 3.03. The second-order valence-corrected chi connectivity index (χ2v) is 7.42. The minimum absolute atomic E-state index is 0.328. The lowest BCUT2D eigenvalue weighted by molar-refractivity contribution is 0.193. The summed E-state index contributed by atoms with van der Waals surface area (Å²) in [7, 11) is -0.0235. The third-order valence-corrected chi connectivity index (χ3v) is 5.51. The van der Waals surface area contributed by atoms with Crippen molar-refractivity contribution in [2.75, 3.05) is 27.3 Å². The van der Waals surface area contributed by atoms with Crippen LogP contribution in [0.3, 0.4) is 0 Å². The molecule has 0 aromatic heterocycles. The topological polar surface area (TPSA) is 67.4 Å². The van der Waals surface area contributed by atoms with E-state index in [1.165, 1.54) is 0 Å². The number of rotatable bonds is 9. The van der Waals surface area contributed by atoms with E-state index in [4.69, 9.17) is 4.74 Å². The molecule has 0 fully saturated rings. The molecule has 0 amide bonds. The largest absolute Gasteiger partial charge is 0.385 e. The number of hydrogen-bond acceptors (Lipinski definition) is 4. The molecule has 1 rings (SSSR count). The smallest absolute Gasteiger partial charge is 0.240 e. The summed E-state index contributed by atoms with van der Waals surface area (Å²) in [6.07, 6.45) is 1.59. The third-order valence-electron chi connectivity index (χ3n) is 3.09. The zero-order chi connectivity index (χ0) is 15.9. The molecule has 7 heteroatoms. The first-order chi connectivity index (χ1) is 9.92. The van der Waals surface area contributed by atoms with Crippen molar-refractivity contribution in [3.8, 4) is 0 Å². The Morgan fingerprint density at radius 2 is 2.00 bits per heavy atom. The summed E-state index contributed by atoms with van der Waals surface area (Å²) >= 11 is 3.43. The lowest BCUT2D eigenvalue weighted by Gasteiger charge is -2.13. The van der Waals surface area contributed by atoms with E-state index in [0.717, 1.165) is 28.4 Å². The van der Waals surface area contributed by atoms with Crippen LogP contribution in [-0.2, 0) is 21.3 Å². The molecule has 1 aromatic carbocycles. The average molecular weight is 379 g/mol. The summed E-state index contributed by atoms with van der Waals surface area (Å²) in [4.78, 5) is 0.328. The molecule has 0 saturated heterocycles. The third kappa shape index (κ3) is 5.67. The molecule has 0 aliphatic rings. The van der Waals surface area contributed by atoms with Crippen molar-refractivity contribution < 1.29 is 13.2 Å². The van der Waals surface area contributed by atoms with Gasteiger partial charge in [-0.3, -0.25) is 0 Å². The number of ether oxygens (including phenoxy) is 1. The molecule has 5 nitrogen and oxygen atoms in total.